The fraction of sp³-hybridized carbons (Fsp3) is 0.296. The molecule has 2 aliphatic heterocycles. The van der Waals surface area contributed by atoms with Crippen LogP contribution in [0.2, 0.25) is 0 Å². The molecular formula is C27H28N4O5. The first-order valence-corrected chi connectivity index (χ1v) is 12.0. The monoisotopic (exact) mass is 488 g/mol. The van der Waals surface area contributed by atoms with Crippen molar-refractivity contribution in [3.8, 4) is 5.75 Å². The quantitative estimate of drug-likeness (QED) is 0.404. The maximum absolute atomic E-state index is 12.6. The number of aliphatic hydroxyl groups is 1. The molecule has 2 aromatic carbocycles. The minimum atomic E-state index is -0.553. The largest absolute Gasteiger partial charge is 0.487 e. The molecule has 186 valence electrons. The van der Waals surface area contributed by atoms with Crippen molar-refractivity contribution in [1.82, 2.24) is 10.3 Å². The van der Waals surface area contributed by atoms with E-state index in [2.05, 4.69) is 20.9 Å². The molecule has 5 rings (SSSR count). The van der Waals surface area contributed by atoms with E-state index in [9.17, 15) is 14.7 Å². The number of carbonyl (C=O) groups excluding carboxylic acids is 2. The predicted molar refractivity (Wildman–Crippen MR) is 134 cm³/mol. The Balaban J connectivity index is 1.24. The minimum Gasteiger partial charge on any atom is -0.487 e. The highest BCUT2D eigenvalue weighted by molar-refractivity contribution is 5.99. The lowest BCUT2D eigenvalue weighted by molar-refractivity contribution is -0.142. The summed E-state index contributed by atoms with van der Waals surface area (Å²) in [5.41, 5.74) is 3.03. The van der Waals surface area contributed by atoms with Gasteiger partial charge in [-0.25, -0.2) is 4.79 Å². The molecule has 9 heteroatoms. The summed E-state index contributed by atoms with van der Waals surface area (Å²) in [5.74, 6) is 0.479. The van der Waals surface area contributed by atoms with Gasteiger partial charge in [-0.05, 0) is 48.9 Å². The zero-order valence-electron chi connectivity index (χ0n) is 19.6. The van der Waals surface area contributed by atoms with Crippen LogP contribution >= 0.6 is 0 Å². The molecule has 3 heterocycles. The summed E-state index contributed by atoms with van der Waals surface area (Å²) >= 11 is 0. The first-order valence-electron chi connectivity index (χ1n) is 12.0. The van der Waals surface area contributed by atoms with E-state index in [1.54, 1.807) is 12.3 Å². The van der Waals surface area contributed by atoms with Crippen molar-refractivity contribution in [2.75, 3.05) is 17.2 Å². The van der Waals surface area contributed by atoms with Crippen molar-refractivity contribution < 1.29 is 24.2 Å². The van der Waals surface area contributed by atoms with Crippen LogP contribution < -0.4 is 20.7 Å². The van der Waals surface area contributed by atoms with Crippen molar-refractivity contribution in [3.63, 3.8) is 0 Å². The van der Waals surface area contributed by atoms with Crippen LogP contribution in [0.1, 0.15) is 30.0 Å². The van der Waals surface area contributed by atoms with Crippen molar-refractivity contribution in [2.45, 2.75) is 43.6 Å². The fourth-order valence-electron chi connectivity index (χ4n) is 4.75. The summed E-state index contributed by atoms with van der Waals surface area (Å²) in [6, 6.07) is 19.9. The molecule has 2 aliphatic rings. The van der Waals surface area contributed by atoms with Crippen molar-refractivity contribution >= 4 is 23.3 Å². The van der Waals surface area contributed by atoms with Crippen LogP contribution in [0, 0.1) is 0 Å². The Labute approximate surface area is 208 Å². The number of urea groups is 1. The first-order chi connectivity index (χ1) is 17.6. The van der Waals surface area contributed by atoms with E-state index in [0.717, 1.165) is 11.3 Å². The van der Waals surface area contributed by atoms with Crippen LogP contribution in [-0.2, 0) is 16.1 Å². The molecule has 0 saturated carbocycles. The average molecular weight is 489 g/mol. The van der Waals surface area contributed by atoms with Gasteiger partial charge in [-0.3, -0.25) is 9.78 Å². The highest BCUT2D eigenvalue weighted by atomic mass is 16.6. The van der Waals surface area contributed by atoms with Crippen LogP contribution in [0.4, 0.5) is 16.2 Å². The van der Waals surface area contributed by atoms with Gasteiger partial charge in [0.05, 0.1) is 31.4 Å². The normalized spacial score (nSPS) is 22.0. The summed E-state index contributed by atoms with van der Waals surface area (Å²) in [6.07, 6.45) is 1.13. The van der Waals surface area contributed by atoms with Gasteiger partial charge < -0.3 is 30.5 Å². The van der Waals surface area contributed by atoms with Gasteiger partial charge in [0.15, 0.2) is 0 Å². The van der Waals surface area contributed by atoms with E-state index in [-0.39, 0.29) is 43.1 Å². The molecule has 1 aromatic heterocycles. The van der Waals surface area contributed by atoms with Crippen molar-refractivity contribution in [2.24, 2.45) is 0 Å². The van der Waals surface area contributed by atoms with Gasteiger partial charge in [0, 0.05) is 29.1 Å². The maximum atomic E-state index is 12.6. The Morgan fingerprint density at radius 1 is 1.00 bits per heavy atom. The third-order valence-corrected chi connectivity index (χ3v) is 6.39. The molecule has 4 N–H and O–H groups in total. The molecule has 3 aromatic rings. The Kier molecular flexibility index (Phi) is 7.11. The molecule has 3 amide bonds. The van der Waals surface area contributed by atoms with Gasteiger partial charge in [0.2, 0.25) is 5.91 Å². The molecule has 0 radical (unpaired) electrons. The highest BCUT2D eigenvalue weighted by Gasteiger charge is 2.46. The number of carbonyl (C=O) groups is 2. The smallest absolute Gasteiger partial charge is 0.323 e. The summed E-state index contributed by atoms with van der Waals surface area (Å²) in [4.78, 5) is 29.2. The number of hydrogen-bond donors (Lipinski definition) is 4. The van der Waals surface area contributed by atoms with Crippen LogP contribution in [0.25, 0.3) is 0 Å². The van der Waals surface area contributed by atoms with Crippen LogP contribution in [0.5, 0.6) is 5.75 Å². The van der Waals surface area contributed by atoms with Gasteiger partial charge in [-0.1, -0.05) is 24.3 Å². The first kappa shape index (κ1) is 23.8. The standard InChI is InChI=1S/C27H28N4O5/c32-16-24-26-22(13-20(35-24)14-25(33)29-15-19-8-4-5-11-28-19)21-12-18(9-10-23(21)36-26)31-27(34)30-17-6-2-1-3-7-17/h1-12,20,22,24,26,32H,13-16H2,(H,29,33)(H2,30,31,34)/t20-,22-,24+,26+/m0/s1. The SMILES string of the molecule is O=C(C[C@@H]1C[C@H]2c3cc(NC(=O)Nc4ccccc4)ccc3O[C@H]2[C@@H](CO)O1)NCc1ccccn1. The lowest BCUT2D eigenvalue weighted by atomic mass is 9.84. The lowest BCUT2D eigenvalue weighted by Gasteiger charge is -2.37. The number of aliphatic hydroxyl groups excluding tert-OH is 1. The number of aromatic nitrogens is 1. The third-order valence-electron chi connectivity index (χ3n) is 6.39. The number of rotatable bonds is 7. The highest BCUT2D eigenvalue weighted by Crippen LogP contribution is 2.47. The molecule has 0 spiro atoms. The number of nitrogens with zero attached hydrogens (tertiary/aromatic N) is 1. The number of fused-ring (bicyclic) bond motifs is 3. The molecule has 0 aliphatic carbocycles. The van der Waals surface area contributed by atoms with Crippen molar-refractivity contribution in [3.05, 3.63) is 84.2 Å². The van der Waals surface area contributed by atoms with Crippen molar-refractivity contribution in [1.29, 1.82) is 0 Å². The van der Waals surface area contributed by atoms with Crippen LogP contribution in [0.15, 0.2) is 72.9 Å². The molecule has 1 fully saturated rings. The van der Waals surface area contributed by atoms with E-state index < -0.39 is 6.10 Å². The second-order valence-corrected chi connectivity index (χ2v) is 8.90. The minimum absolute atomic E-state index is 0.0709. The third kappa shape index (κ3) is 5.48. The topological polar surface area (TPSA) is 122 Å². The number of benzene rings is 2. The van der Waals surface area contributed by atoms with Gasteiger partial charge in [-0.2, -0.15) is 0 Å². The van der Waals surface area contributed by atoms with E-state index >= 15 is 0 Å². The molecule has 0 bridgehead atoms. The number of para-hydroxylation sites is 1. The molecule has 9 nitrogen and oxygen atoms in total. The van der Waals surface area contributed by atoms with Gasteiger partial charge >= 0.3 is 6.03 Å². The van der Waals surface area contributed by atoms with Gasteiger partial charge in [0.1, 0.15) is 18.0 Å². The number of nitrogens with one attached hydrogen (secondary N) is 3. The van der Waals surface area contributed by atoms with Crippen LogP contribution in [-0.4, -0.2) is 46.9 Å². The molecule has 0 unspecified atom stereocenters. The zero-order chi connectivity index (χ0) is 24.9. The summed E-state index contributed by atoms with van der Waals surface area (Å²) in [5, 5.41) is 18.5. The van der Waals surface area contributed by atoms with E-state index in [0.29, 0.717) is 30.1 Å². The second-order valence-electron chi connectivity index (χ2n) is 8.90. The Morgan fingerprint density at radius 2 is 1.81 bits per heavy atom. The Hall–Kier alpha value is -3.95. The molecule has 36 heavy (non-hydrogen) atoms. The average Bonchev–Trinajstić information content (AvgIpc) is 3.26. The Bertz CT molecular complexity index is 1210. The number of amides is 3. The predicted octanol–water partition coefficient (Wildman–Crippen LogP) is 3.43. The summed E-state index contributed by atoms with van der Waals surface area (Å²) < 4.78 is 12.1. The van der Waals surface area contributed by atoms with Gasteiger partial charge in [-0.15, -0.1) is 0 Å². The van der Waals surface area contributed by atoms with E-state index in [1.807, 2.05) is 60.7 Å². The molecular weight excluding hydrogens is 460 g/mol. The summed E-state index contributed by atoms with van der Waals surface area (Å²) in [6.45, 7) is 0.125. The summed E-state index contributed by atoms with van der Waals surface area (Å²) in [7, 11) is 0. The number of hydrogen-bond acceptors (Lipinski definition) is 6. The fourth-order valence-corrected chi connectivity index (χ4v) is 4.75. The second kappa shape index (κ2) is 10.8. The van der Waals surface area contributed by atoms with E-state index in [1.165, 1.54) is 0 Å². The van der Waals surface area contributed by atoms with Gasteiger partial charge in [0.25, 0.3) is 0 Å². The van der Waals surface area contributed by atoms with Crippen LogP contribution in [0.3, 0.4) is 0 Å². The Morgan fingerprint density at radius 3 is 2.58 bits per heavy atom. The maximum Gasteiger partial charge on any atom is 0.323 e. The number of pyridine rings is 1. The number of anilines is 2. The van der Waals surface area contributed by atoms with E-state index in [4.69, 9.17) is 9.47 Å². The molecule has 1 saturated heterocycles. The zero-order valence-corrected chi connectivity index (χ0v) is 19.6. The lowest BCUT2D eigenvalue weighted by Crippen LogP contribution is -2.47. The number of ether oxygens (including phenoxy) is 2. The molecule has 4 atom stereocenters.